The van der Waals surface area contributed by atoms with E-state index in [0.29, 0.717) is 26.2 Å². The SMILES string of the molecule is CCOc1ccccc1-c1nc(CC(=O)N(C)CCCOC)cs1. The van der Waals surface area contributed by atoms with Gasteiger partial charge in [-0.15, -0.1) is 11.3 Å². The second-order valence-electron chi connectivity index (χ2n) is 5.41. The van der Waals surface area contributed by atoms with Gasteiger partial charge in [0.15, 0.2) is 0 Å². The van der Waals surface area contributed by atoms with Crippen molar-refractivity contribution in [1.82, 2.24) is 9.88 Å². The van der Waals surface area contributed by atoms with E-state index in [-0.39, 0.29) is 5.91 Å². The van der Waals surface area contributed by atoms with Crippen LogP contribution in [0.2, 0.25) is 0 Å². The van der Waals surface area contributed by atoms with Gasteiger partial charge in [-0.2, -0.15) is 0 Å². The highest BCUT2D eigenvalue weighted by atomic mass is 32.1. The highest BCUT2D eigenvalue weighted by Gasteiger charge is 2.14. The first-order valence-electron chi connectivity index (χ1n) is 8.05. The Labute approximate surface area is 147 Å². The molecule has 2 aromatic rings. The second kappa shape index (κ2) is 9.39. The number of ether oxygens (including phenoxy) is 2. The van der Waals surface area contributed by atoms with Crippen LogP contribution >= 0.6 is 11.3 Å². The first-order valence-corrected chi connectivity index (χ1v) is 8.93. The second-order valence-corrected chi connectivity index (χ2v) is 6.27. The zero-order valence-electron chi connectivity index (χ0n) is 14.4. The Morgan fingerprint density at radius 1 is 1.33 bits per heavy atom. The Bertz CT molecular complexity index is 657. The zero-order valence-corrected chi connectivity index (χ0v) is 15.3. The molecule has 0 fully saturated rings. The number of nitrogens with zero attached hydrogens (tertiary/aromatic N) is 2. The molecule has 0 atom stereocenters. The van der Waals surface area contributed by atoms with Crippen LogP contribution < -0.4 is 4.74 Å². The maximum atomic E-state index is 12.2. The molecule has 1 heterocycles. The molecule has 2 rings (SSSR count). The lowest BCUT2D eigenvalue weighted by atomic mass is 10.2. The number of benzene rings is 1. The first-order chi connectivity index (χ1) is 11.7. The van der Waals surface area contributed by atoms with Crippen LogP contribution in [-0.4, -0.2) is 49.7 Å². The fourth-order valence-corrected chi connectivity index (χ4v) is 3.15. The molecule has 5 nitrogen and oxygen atoms in total. The summed E-state index contributed by atoms with van der Waals surface area (Å²) in [7, 11) is 3.48. The van der Waals surface area contributed by atoms with Crippen molar-refractivity contribution in [3.8, 4) is 16.3 Å². The van der Waals surface area contributed by atoms with Crippen molar-refractivity contribution in [2.45, 2.75) is 19.8 Å². The quantitative estimate of drug-likeness (QED) is 0.653. The van der Waals surface area contributed by atoms with Gasteiger partial charge < -0.3 is 14.4 Å². The molecule has 1 aromatic heterocycles. The standard InChI is InChI=1S/C18H24N2O3S/c1-4-23-16-9-6-5-8-15(16)18-19-14(13-24-18)12-17(21)20(2)10-7-11-22-3/h5-6,8-9,13H,4,7,10-12H2,1-3H3. The molecule has 0 saturated heterocycles. The topological polar surface area (TPSA) is 51.7 Å². The van der Waals surface area contributed by atoms with Crippen molar-refractivity contribution in [3.63, 3.8) is 0 Å². The van der Waals surface area contributed by atoms with Crippen molar-refractivity contribution >= 4 is 17.2 Å². The number of para-hydroxylation sites is 1. The Balaban J connectivity index is 2.02. The van der Waals surface area contributed by atoms with Gasteiger partial charge in [-0.05, 0) is 25.5 Å². The summed E-state index contributed by atoms with van der Waals surface area (Å²) in [6, 6.07) is 7.84. The summed E-state index contributed by atoms with van der Waals surface area (Å²) in [5.41, 5.74) is 1.77. The molecule has 0 bridgehead atoms. The molecular weight excluding hydrogens is 324 g/mol. The average molecular weight is 348 g/mol. The summed E-state index contributed by atoms with van der Waals surface area (Å²) in [4.78, 5) is 18.6. The summed E-state index contributed by atoms with van der Waals surface area (Å²) in [5, 5.41) is 2.82. The van der Waals surface area contributed by atoms with E-state index in [9.17, 15) is 4.79 Å². The molecule has 0 N–H and O–H groups in total. The van der Waals surface area contributed by atoms with Gasteiger partial charge in [0.25, 0.3) is 0 Å². The van der Waals surface area contributed by atoms with E-state index in [0.717, 1.165) is 28.4 Å². The van der Waals surface area contributed by atoms with Gasteiger partial charge in [0.05, 0.1) is 24.3 Å². The molecule has 0 aliphatic carbocycles. The molecule has 6 heteroatoms. The lowest BCUT2D eigenvalue weighted by Gasteiger charge is -2.16. The minimum absolute atomic E-state index is 0.0704. The minimum Gasteiger partial charge on any atom is -0.493 e. The Morgan fingerprint density at radius 3 is 2.88 bits per heavy atom. The van der Waals surface area contributed by atoms with Crippen molar-refractivity contribution in [2.24, 2.45) is 0 Å². The van der Waals surface area contributed by atoms with Crippen molar-refractivity contribution in [2.75, 3.05) is 33.9 Å². The van der Waals surface area contributed by atoms with Crippen LogP contribution in [0.3, 0.4) is 0 Å². The molecule has 0 unspecified atom stereocenters. The Kier molecular flexibility index (Phi) is 7.21. The number of likely N-dealkylation sites (N-methyl/N-ethyl adjacent to an activating group) is 1. The number of carbonyl (C=O) groups excluding carboxylic acids is 1. The number of hydrogen-bond donors (Lipinski definition) is 0. The number of methoxy groups -OCH3 is 1. The molecule has 24 heavy (non-hydrogen) atoms. The fourth-order valence-electron chi connectivity index (χ4n) is 2.30. The minimum atomic E-state index is 0.0704. The van der Waals surface area contributed by atoms with Gasteiger partial charge in [0.2, 0.25) is 5.91 Å². The van der Waals surface area contributed by atoms with E-state index in [4.69, 9.17) is 9.47 Å². The lowest BCUT2D eigenvalue weighted by molar-refractivity contribution is -0.129. The Morgan fingerprint density at radius 2 is 2.12 bits per heavy atom. The van der Waals surface area contributed by atoms with E-state index in [1.807, 2.05) is 43.6 Å². The summed E-state index contributed by atoms with van der Waals surface area (Å²) in [6.07, 6.45) is 1.15. The van der Waals surface area contributed by atoms with Gasteiger partial charge in [-0.1, -0.05) is 12.1 Å². The average Bonchev–Trinajstić information content (AvgIpc) is 3.04. The monoisotopic (exact) mass is 348 g/mol. The maximum Gasteiger partial charge on any atom is 0.228 e. The van der Waals surface area contributed by atoms with E-state index in [1.165, 1.54) is 11.3 Å². The molecule has 0 radical (unpaired) electrons. The number of hydrogen-bond acceptors (Lipinski definition) is 5. The van der Waals surface area contributed by atoms with Crippen molar-refractivity contribution in [1.29, 1.82) is 0 Å². The molecule has 0 aliphatic rings. The van der Waals surface area contributed by atoms with Crippen molar-refractivity contribution < 1.29 is 14.3 Å². The van der Waals surface area contributed by atoms with Gasteiger partial charge in [0.1, 0.15) is 10.8 Å². The molecule has 1 aromatic carbocycles. The number of aromatic nitrogens is 1. The van der Waals surface area contributed by atoms with Gasteiger partial charge in [0, 0.05) is 32.7 Å². The van der Waals surface area contributed by atoms with Crippen LogP contribution in [-0.2, 0) is 16.0 Å². The number of amides is 1. The lowest BCUT2D eigenvalue weighted by Crippen LogP contribution is -2.29. The molecule has 0 spiro atoms. The van der Waals surface area contributed by atoms with E-state index in [2.05, 4.69) is 4.98 Å². The van der Waals surface area contributed by atoms with E-state index in [1.54, 1.807) is 12.0 Å². The third-order valence-electron chi connectivity index (χ3n) is 3.57. The van der Waals surface area contributed by atoms with E-state index >= 15 is 0 Å². The van der Waals surface area contributed by atoms with Crippen LogP contribution in [0.25, 0.3) is 10.6 Å². The third kappa shape index (κ3) is 5.04. The summed E-state index contributed by atoms with van der Waals surface area (Å²) in [6.45, 7) is 3.92. The number of carbonyl (C=O) groups is 1. The first kappa shape index (κ1) is 18.4. The van der Waals surface area contributed by atoms with Crippen LogP contribution in [0.4, 0.5) is 0 Å². The molecule has 0 saturated carbocycles. The molecule has 0 aliphatic heterocycles. The zero-order chi connectivity index (χ0) is 17.4. The normalized spacial score (nSPS) is 10.6. The fraction of sp³-hybridized carbons (Fsp3) is 0.444. The summed E-state index contributed by atoms with van der Waals surface area (Å²) < 4.78 is 10.7. The third-order valence-corrected chi connectivity index (χ3v) is 4.49. The molecule has 1 amide bonds. The van der Waals surface area contributed by atoms with Gasteiger partial charge in [-0.3, -0.25) is 4.79 Å². The van der Waals surface area contributed by atoms with E-state index < -0.39 is 0 Å². The predicted molar refractivity (Wildman–Crippen MR) is 96.6 cm³/mol. The van der Waals surface area contributed by atoms with Gasteiger partial charge >= 0.3 is 0 Å². The summed E-state index contributed by atoms with van der Waals surface area (Å²) in [5.74, 6) is 0.893. The highest BCUT2D eigenvalue weighted by molar-refractivity contribution is 7.13. The van der Waals surface area contributed by atoms with Crippen LogP contribution in [0.5, 0.6) is 5.75 Å². The van der Waals surface area contributed by atoms with Crippen LogP contribution in [0, 0.1) is 0 Å². The predicted octanol–water partition coefficient (Wildman–Crippen LogP) is 3.25. The summed E-state index contributed by atoms with van der Waals surface area (Å²) >= 11 is 1.54. The van der Waals surface area contributed by atoms with Crippen LogP contribution in [0.1, 0.15) is 19.0 Å². The number of thiazole rings is 1. The highest BCUT2D eigenvalue weighted by Crippen LogP contribution is 2.32. The molecule has 130 valence electrons. The smallest absolute Gasteiger partial charge is 0.228 e. The van der Waals surface area contributed by atoms with Crippen molar-refractivity contribution in [3.05, 3.63) is 35.3 Å². The number of rotatable bonds is 9. The largest absolute Gasteiger partial charge is 0.493 e. The molecular formula is C18H24N2O3S. The van der Waals surface area contributed by atoms with Crippen LogP contribution in [0.15, 0.2) is 29.6 Å². The van der Waals surface area contributed by atoms with Gasteiger partial charge in [-0.25, -0.2) is 4.98 Å². The Hall–Kier alpha value is -1.92. The maximum absolute atomic E-state index is 12.2.